The number of hydrogen-bond donors (Lipinski definition) is 4. The molecule has 3 saturated heterocycles. The molecular weight excluding hydrogens is 785 g/mol. The molecule has 0 radical (unpaired) electrons. The number of nitriles is 1. The number of carboxylic acid groups (broad SMARTS) is 1. The van der Waals surface area contributed by atoms with Crippen LogP contribution < -0.4 is 30.5 Å². The van der Waals surface area contributed by atoms with E-state index in [1.165, 1.54) is 6.07 Å². The van der Waals surface area contributed by atoms with Crippen LogP contribution in [0.1, 0.15) is 88.1 Å². The number of amides is 4. The van der Waals surface area contributed by atoms with Gasteiger partial charge in [0.25, 0.3) is 11.8 Å². The Bertz CT molecular complexity index is 2130. The van der Waals surface area contributed by atoms with Crippen LogP contribution in [-0.4, -0.2) is 114 Å². The molecule has 4 heterocycles. The first kappa shape index (κ1) is 41.3. The van der Waals surface area contributed by atoms with Crippen LogP contribution in [0.15, 0.2) is 42.5 Å². The molecule has 0 bridgehead atoms. The van der Waals surface area contributed by atoms with Crippen LogP contribution in [-0.2, 0) is 9.59 Å². The number of halogens is 2. The molecule has 4 aliphatic rings. The number of benzene rings is 2. The molecule has 18 heteroatoms. The summed E-state index contributed by atoms with van der Waals surface area (Å²) in [5.41, 5.74) is 0.000747. The number of carbonyl (C=O) groups excluding carboxylic acids is 4. The number of aromatic carboxylic acids is 1. The number of rotatable bonds is 11. The summed E-state index contributed by atoms with van der Waals surface area (Å²) in [6.07, 6.45) is 5.03. The van der Waals surface area contributed by atoms with Gasteiger partial charge >= 0.3 is 5.97 Å². The molecule has 4 fully saturated rings. The molecule has 1 unspecified atom stereocenters. The first-order chi connectivity index (χ1) is 28.4. The number of nitrogens with one attached hydrogen (secondary N) is 3. The van der Waals surface area contributed by atoms with Gasteiger partial charge in [0, 0.05) is 64.3 Å². The van der Waals surface area contributed by atoms with Gasteiger partial charge in [-0.25, -0.2) is 9.18 Å². The summed E-state index contributed by atoms with van der Waals surface area (Å²) < 4.78 is 21.4. The van der Waals surface area contributed by atoms with E-state index < -0.39 is 41.1 Å². The summed E-state index contributed by atoms with van der Waals surface area (Å²) in [5.74, 6) is -2.67. The number of piperazine rings is 1. The Hall–Kier alpha value is -5.86. The summed E-state index contributed by atoms with van der Waals surface area (Å²) in [6, 6.07) is 11.7. The van der Waals surface area contributed by atoms with E-state index in [1.807, 2.05) is 12.1 Å². The quantitative estimate of drug-likeness (QED) is 0.204. The van der Waals surface area contributed by atoms with Gasteiger partial charge in [-0.1, -0.05) is 11.6 Å². The van der Waals surface area contributed by atoms with Crippen LogP contribution in [0, 0.1) is 23.1 Å². The SMILES string of the molecule is N#Cc1ccc(OC2CCC(NC(=O)c3ccc(N4CCC(CN5CCN(c6cc(C(=O)NC7CCC(=O)NC7=O)c(C(=O)O)cc6F)CC5)CC4)nn3)CC2)cc1Cl. The number of aromatic nitrogens is 2. The highest BCUT2D eigenvalue weighted by Gasteiger charge is 2.32. The lowest BCUT2D eigenvalue weighted by Gasteiger charge is -2.40. The third-order valence-corrected chi connectivity index (χ3v) is 11.8. The summed E-state index contributed by atoms with van der Waals surface area (Å²) in [7, 11) is 0. The van der Waals surface area contributed by atoms with Crippen LogP contribution in [0.2, 0.25) is 5.02 Å². The number of hydrogen-bond acceptors (Lipinski definition) is 12. The van der Waals surface area contributed by atoms with Crippen LogP contribution >= 0.6 is 11.6 Å². The Balaban J connectivity index is 0.840. The summed E-state index contributed by atoms with van der Waals surface area (Å²) in [4.78, 5) is 68.1. The number of carboxylic acids is 1. The van der Waals surface area contributed by atoms with Gasteiger partial charge in [0.2, 0.25) is 11.8 Å². The van der Waals surface area contributed by atoms with Crippen LogP contribution in [0.3, 0.4) is 0 Å². The van der Waals surface area contributed by atoms with Crippen molar-refractivity contribution in [3.05, 3.63) is 75.7 Å². The molecule has 1 saturated carbocycles. The molecule has 59 heavy (non-hydrogen) atoms. The van der Waals surface area contributed by atoms with Crippen molar-refractivity contribution >= 4 is 52.7 Å². The number of ether oxygens (including phenoxy) is 1. The van der Waals surface area contributed by atoms with Crippen LogP contribution in [0.5, 0.6) is 5.75 Å². The van der Waals surface area contributed by atoms with Gasteiger partial charge in [-0.05, 0) is 87.3 Å². The molecule has 7 rings (SSSR count). The van der Waals surface area contributed by atoms with Crippen molar-refractivity contribution in [1.82, 2.24) is 31.0 Å². The third-order valence-electron chi connectivity index (χ3n) is 11.5. The zero-order valence-corrected chi connectivity index (χ0v) is 33.0. The highest BCUT2D eigenvalue weighted by molar-refractivity contribution is 6.31. The second-order valence-electron chi connectivity index (χ2n) is 15.4. The lowest BCUT2D eigenvalue weighted by atomic mass is 9.93. The Labute approximate surface area is 345 Å². The van der Waals surface area contributed by atoms with Gasteiger partial charge in [0.15, 0.2) is 11.5 Å². The van der Waals surface area contributed by atoms with E-state index in [2.05, 4.69) is 35.9 Å². The molecule has 2 aromatic carbocycles. The number of carbonyl (C=O) groups is 5. The zero-order valence-electron chi connectivity index (χ0n) is 32.3. The summed E-state index contributed by atoms with van der Waals surface area (Å²) in [5, 5.41) is 35.5. The Morgan fingerprint density at radius 3 is 2.27 bits per heavy atom. The second-order valence-corrected chi connectivity index (χ2v) is 15.9. The Kier molecular flexibility index (Phi) is 12.9. The Morgan fingerprint density at radius 1 is 0.881 bits per heavy atom. The molecule has 0 spiro atoms. The van der Waals surface area contributed by atoms with E-state index in [0.29, 0.717) is 48.4 Å². The van der Waals surface area contributed by atoms with Crippen molar-refractivity contribution in [1.29, 1.82) is 5.26 Å². The molecular formula is C41H45ClFN9O7. The van der Waals surface area contributed by atoms with Gasteiger partial charge in [-0.2, -0.15) is 5.26 Å². The van der Waals surface area contributed by atoms with E-state index in [-0.39, 0.29) is 47.8 Å². The fourth-order valence-electron chi connectivity index (χ4n) is 8.17. The molecule has 3 aromatic rings. The number of nitrogens with zero attached hydrogens (tertiary/aromatic N) is 6. The maximum atomic E-state index is 15.3. The van der Waals surface area contributed by atoms with Crippen LogP contribution in [0.25, 0.3) is 0 Å². The minimum Gasteiger partial charge on any atom is -0.490 e. The van der Waals surface area contributed by atoms with Gasteiger partial charge in [0.1, 0.15) is 23.7 Å². The lowest BCUT2D eigenvalue weighted by molar-refractivity contribution is -0.134. The standard InChI is InChI=1S/C41H45ClFN9O7/c42-31-19-28(4-1-25(31)22-44)59-27-5-2-26(3-6-27)45-40(56)34-7-9-36(49-48-34)52-13-11-24(12-14-52)23-50-15-17-51(18-16-50)35-21-29(30(41(57)58)20-32(35)43)38(54)46-33-8-10-37(53)47-39(33)55/h1,4,7,9,19-21,24,26-27,33H,2-3,5-6,8,10-18,23H2,(H,45,56)(H,46,54)(H,57,58)(H,47,53,55). The first-order valence-electron chi connectivity index (χ1n) is 19.9. The van der Waals surface area contributed by atoms with Crippen molar-refractivity contribution in [3.63, 3.8) is 0 Å². The fraction of sp³-hybridized carbons (Fsp3) is 0.463. The molecule has 310 valence electrons. The highest BCUT2D eigenvalue weighted by Crippen LogP contribution is 2.29. The predicted octanol–water partition coefficient (Wildman–Crippen LogP) is 3.53. The summed E-state index contributed by atoms with van der Waals surface area (Å²) >= 11 is 6.14. The smallest absolute Gasteiger partial charge is 0.336 e. The van der Waals surface area contributed by atoms with E-state index >= 15 is 4.39 Å². The molecule has 1 atom stereocenters. The minimum absolute atomic E-state index is 0.00139. The average Bonchev–Trinajstić information content (AvgIpc) is 3.23. The number of anilines is 2. The molecule has 4 amide bonds. The van der Waals surface area contributed by atoms with Gasteiger partial charge in [-0.3, -0.25) is 29.4 Å². The topological polar surface area (TPSA) is 210 Å². The molecule has 3 aliphatic heterocycles. The van der Waals surface area contributed by atoms with Gasteiger partial charge in [0.05, 0.1) is 33.5 Å². The van der Waals surface area contributed by atoms with Gasteiger partial charge in [-0.15, -0.1) is 10.2 Å². The maximum absolute atomic E-state index is 15.3. The fourth-order valence-corrected chi connectivity index (χ4v) is 8.38. The minimum atomic E-state index is -1.47. The zero-order chi connectivity index (χ0) is 41.6. The number of imide groups is 1. The van der Waals surface area contributed by atoms with Crippen molar-refractivity contribution in [2.45, 2.75) is 69.6 Å². The monoisotopic (exact) mass is 829 g/mol. The van der Waals surface area contributed by atoms with E-state index in [4.69, 9.17) is 21.6 Å². The van der Waals surface area contributed by atoms with Gasteiger partial charge < -0.3 is 30.3 Å². The van der Waals surface area contributed by atoms with E-state index in [9.17, 15) is 29.1 Å². The molecule has 1 aliphatic carbocycles. The average molecular weight is 830 g/mol. The molecule has 4 N–H and O–H groups in total. The highest BCUT2D eigenvalue weighted by atomic mass is 35.5. The second kappa shape index (κ2) is 18.4. The van der Waals surface area contributed by atoms with Crippen molar-refractivity contribution in [2.24, 2.45) is 5.92 Å². The Morgan fingerprint density at radius 2 is 1.63 bits per heavy atom. The largest absolute Gasteiger partial charge is 0.490 e. The van der Waals surface area contributed by atoms with E-state index in [0.717, 1.165) is 70.0 Å². The van der Waals surface area contributed by atoms with Crippen molar-refractivity contribution in [2.75, 3.05) is 55.6 Å². The summed E-state index contributed by atoms with van der Waals surface area (Å²) in [6.45, 7) is 4.68. The van der Waals surface area contributed by atoms with Crippen molar-refractivity contribution in [3.8, 4) is 11.8 Å². The number of piperidine rings is 2. The normalized spacial score (nSPS) is 21.6. The van der Waals surface area contributed by atoms with E-state index in [1.54, 1.807) is 29.2 Å². The van der Waals surface area contributed by atoms with Crippen molar-refractivity contribution < 1.29 is 38.2 Å². The first-order valence-corrected chi connectivity index (χ1v) is 20.3. The predicted molar refractivity (Wildman–Crippen MR) is 213 cm³/mol. The third kappa shape index (κ3) is 10.1. The molecule has 1 aromatic heterocycles. The molecule has 16 nitrogen and oxygen atoms in total. The lowest BCUT2D eigenvalue weighted by Crippen LogP contribution is -2.52. The van der Waals surface area contributed by atoms with Crippen LogP contribution in [0.4, 0.5) is 15.9 Å². The maximum Gasteiger partial charge on any atom is 0.336 e.